The van der Waals surface area contributed by atoms with Crippen molar-refractivity contribution in [1.82, 2.24) is 24.7 Å². The van der Waals surface area contributed by atoms with Crippen LogP contribution in [0.5, 0.6) is 0 Å². The lowest BCUT2D eigenvalue weighted by molar-refractivity contribution is -0.130. The molecule has 1 aliphatic heterocycles. The Bertz CT molecular complexity index is 1120. The van der Waals surface area contributed by atoms with E-state index in [-0.39, 0.29) is 0 Å². The van der Waals surface area contributed by atoms with Gasteiger partial charge in [-0.1, -0.05) is 29.4 Å². The van der Waals surface area contributed by atoms with Crippen molar-refractivity contribution >= 4 is 17.8 Å². The Kier molecular flexibility index (Phi) is 6.71. The van der Waals surface area contributed by atoms with Crippen LogP contribution >= 0.6 is 0 Å². The third-order valence-electron chi connectivity index (χ3n) is 5.95. The van der Waals surface area contributed by atoms with Gasteiger partial charge in [0.2, 0.25) is 5.78 Å². The van der Waals surface area contributed by atoms with E-state index in [2.05, 4.69) is 44.3 Å². The molecule has 2 aromatic heterocycles. The van der Waals surface area contributed by atoms with Gasteiger partial charge in [-0.25, -0.2) is 0 Å². The summed E-state index contributed by atoms with van der Waals surface area (Å²) in [4.78, 5) is 30.0. The maximum Gasteiger partial charge on any atom is 0.218 e. The summed E-state index contributed by atoms with van der Waals surface area (Å²) in [6.07, 6.45) is 4.07. The normalized spacial score (nSPS) is 16.6. The minimum absolute atomic E-state index is 0.419. The highest BCUT2D eigenvalue weighted by Gasteiger charge is 2.36. The van der Waals surface area contributed by atoms with Crippen LogP contribution in [0.4, 0.5) is 5.69 Å². The quantitative estimate of drug-likeness (QED) is 0.361. The zero-order valence-electron chi connectivity index (χ0n) is 19.6. The molecule has 1 atom stereocenters. The summed E-state index contributed by atoms with van der Waals surface area (Å²) in [5, 5.41) is 8.46. The van der Waals surface area contributed by atoms with Crippen molar-refractivity contribution in [1.29, 1.82) is 0 Å². The lowest BCUT2D eigenvalue weighted by Gasteiger charge is -2.21. The van der Waals surface area contributed by atoms with Gasteiger partial charge in [-0.15, -0.1) is 0 Å². The van der Waals surface area contributed by atoms with E-state index in [4.69, 9.17) is 4.52 Å². The van der Waals surface area contributed by atoms with Crippen LogP contribution in [0, 0.1) is 13.8 Å². The number of aldehydes is 1. The average Bonchev–Trinajstić information content (AvgIpc) is 3.48. The zero-order valence-corrected chi connectivity index (χ0v) is 19.6. The number of carbonyl (C=O) groups excluding carboxylic acids is 2. The lowest BCUT2D eigenvalue weighted by atomic mass is 10.1. The molecule has 0 N–H and O–H groups in total. The van der Waals surface area contributed by atoms with Gasteiger partial charge in [-0.2, -0.15) is 5.10 Å². The van der Waals surface area contributed by atoms with Crippen molar-refractivity contribution in [3.05, 3.63) is 64.8 Å². The van der Waals surface area contributed by atoms with Gasteiger partial charge in [0.1, 0.15) is 11.8 Å². The van der Waals surface area contributed by atoms with Crippen LogP contribution in [0.3, 0.4) is 0 Å². The van der Waals surface area contributed by atoms with Crippen LogP contribution in [0.15, 0.2) is 41.2 Å². The molecule has 0 amide bonds. The van der Waals surface area contributed by atoms with Crippen LogP contribution in [0.2, 0.25) is 0 Å². The number of benzene rings is 1. The van der Waals surface area contributed by atoms with E-state index in [1.165, 1.54) is 11.1 Å². The van der Waals surface area contributed by atoms with E-state index >= 15 is 0 Å². The maximum atomic E-state index is 12.4. The van der Waals surface area contributed by atoms with E-state index in [0.29, 0.717) is 32.6 Å². The van der Waals surface area contributed by atoms with Crippen molar-refractivity contribution in [2.24, 2.45) is 0 Å². The molecule has 1 saturated heterocycles. The lowest BCUT2D eigenvalue weighted by Crippen LogP contribution is -2.38. The molecule has 9 heteroatoms. The van der Waals surface area contributed by atoms with Crippen molar-refractivity contribution < 1.29 is 14.1 Å². The Morgan fingerprint density at radius 1 is 1.24 bits per heavy atom. The largest absolute Gasteiger partial charge is 0.361 e. The highest BCUT2D eigenvalue weighted by molar-refractivity contribution is 6.28. The molecule has 3 heterocycles. The molecule has 4 rings (SSSR count). The standard InChI is InChI=1S/C24H30N6O3/c1-17-22(18(2)33-26-17)13-29-12-21(9-25-29)30-16-28(14-23(30)24(32)15-31)11-20-7-5-6-19(8-20)10-27(3)4/h5-9,12,15,23H,10-11,13-14,16H2,1-4H3. The molecule has 33 heavy (non-hydrogen) atoms. The fraction of sp³-hybridized carbons (Fsp3) is 0.417. The number of rotatable bonds is 9. The van der Waals surface area contributed by atoms with Crippen LogP contribution in [0.1, 0.15) is 28.1 Å². The fourth-order valence-corrected chi connectivity index (χ4v) is 4.34. The van der Waals surface area contributed by atoms with E-state index < -0.39 is 11.8 Å². The molecule has 174 valence electrons. The van der Waals surface area contributed by atoms with Gasteiger partial charge in [-0.05, 0) is 39.1 Å². The van der Waals surface area contributed by atoms with Crippen LogP contribution in [0.25, 0.3) is 0 Å². The van der Waals surface area contributed by atoms with Crippen molar-refractivity contribution in [2.45, 2.75) is 39.5 Å². The Hall–Kier alpha value is -3.30. The first-order chi connectivity index (χ1) is 15.8. The SMILES string of the molecule is Cc1noc(C)c1Cn1cc(N2CN(Cc3cccc(CN(C)C)c3)CC2C(=O)C=O)cn1. The Morgan fingerprint density at radius 3 is 2.73 bits per heavy atom. The topological polar surface area (TPSA) is 87.7 Å². The van der Waals surface area contributed by atoms with Gasteiger partial charge in [-0.3, -0.25) is 19.2 Å². The van der Waals surface area contributed by atoms with Gasteiger partial charge in [0.15, 0.2) is 6.29 Å². The van der Waals surface area contributed by atoms with E-state index in [9.17, 15) is 9.59 Å². The first-order valence-corrected chi connectivity index (χ1v) is 11.0. The molecule has 0 saturated carbocycles. The van der Waals surface area contributed by atoms with E-state index in [1.54, 1.807) is 10.9 Å². The smallest absolute Gasteiger partial charge is 0.218 e. The second-order valence-electron chi connectivity index (χ2n) is 8.92. The first-order valence-electron chi connectivity index (χ1n) is 11.0. The summed E-state index contributed by atoms with van der Waals surface area (Å²) in [5.41, 5.74) is 5.07. The van der Waals surface area contributed by atoms with E-state index in [1.807, 2.05) is 39.0 Å². The molecule has 3 aromatic rings. The number of aromatic nitrogens is 3. The number of ketones is 1. The molecule has 9 nitrogen and oxygen atoms in total. The number of aryl methyl sites for hydroxylation is 2. The average molecular weight is 451 g/mol. The Labute approximate surface area is 193 Å². The van der Waals surface area contributed by atoms with Gasteiger partial charge in [0.25, 0.3) is 0 Å². The molecule has 1 aliphatic rings. The molecule has 1 aromatic carbocycles. The number of carbonyl (C=O) groups is 2. The molecular weight excluding hydrogens is 420 g/mol. The zero-order chi connectivity index (χ0) is 23.5. The van der Waals surface area contributed by atoms with Crippen LogP contribution in [-0.2, 0) is 29.2 Å². The molecular formula is C24H30N6O3. The number of Topliss-reactive ketones (excluding diaryl/α,β-unsaturated/α-hetero) is 1. The van der Waals surface area contributed by atoms with Gasteiger partial charge in [0.05, 0.1) is 30.8 Å². The monoisotopic (exact) mass is 450 g/mol. The third kappa shape index (κ3) is 5.20. The minimum Gasteiger partial charge on any atom is -0.361 e. The van der Waals surface area contributed by atoms with Crippen molar-refractivity contribution in [2.75, 3.05) is 32.2 Å². The van der Waals surface area contributed by atoms with Gasteiger partial charge >= 0.3 is 0 Å². The van der Waals surface area contributed by atoms with Crippen molar-refractivity contribution in [3.63, 3.8) is 0 Å². The predicted molar refractivity (Wildman–Crippen MR) is 124 cm³/mol. The van der Waals surface area contributed by atoms with Crippen molar-refractivity contribution in [3.8, 4) is 0 Å². The number of hydrogen-bond donors (Lipinski definition) is 0. The molecule has 1 unspecified atom stereocenters. The molecule has 0 bridgehead atoms. The van der Waals surface area contributed by atoms with E-state index in [0.717, 1.165) is 29.2 Å². The summed E-state index contributed by atoms with van der Waals surface area (Å²) in [7, 11) is 4.10. The van der Waals surface area contributed by atoms with Crippen LogP contribution in [-0.4, -0.2) is 70.2 Å². The molecule has 0 aliphatic carbocycles. The summed E-state index contributed by atoms with van der Waals surface area (Å²) < 4.78 is 7.05. The highest BCUT2D eigenvalue weighted by Crippen LogP contribution is 2.25. The second-order valence-corrected chi connectivity index (χ2v) is 8.92. The second kappa shape index (κ2) is 9.68. The van der Waals surface area contributed by atoms with Gasteiger partial charge < -0.3 is 14.3 Å². The summed E-state index contributed by atoms with van der Waals surface area (Å²) >= 11 is 0. The Balaban J connectivity index is 1.50. The number of anilines is 1. The summed E-state index contributed by atoms with van der Waals surface area (Å²) in [6.45, 7) is 6.92. The number of hydrogen-bond acceptors (Lipinski definition) is 8. The summed E-state index contributed by atoms with van der Waals surface area (Å²) in [6, 6.07) is 7.95. The summed E-state index contributed by atoms with van der Waals surface area (Å²) in [5.74, 6) is 0.347. The molecule has 0 spiro atoms. The Morgan fingerprint density at radius 2 is 2.03 bits per heavy atom. The van der Waals surface area contributed by atoms with Gasteiger partial charge in [0, 0.05) is 31.4 Å². The molecule has 0 radical (unpaired) electrons. The molecule has 1 fully saturated rings. The highest BCUT2D eigenvalue weighted by atomic mass is 16.5. The van der Waals surface area contributed by atoms with Crippen LogP contribution < -0.4 is 4.90 Å². The third-order valence-corrected chi connectivity index (χ3v) is 5.95. The minimum atomic E-state index is -0.524. The first kappa shape index (κ1) is 22.9. The predicted octanol–water partition coefficient (Wildman–Crippen LogP) is 2.01. The number of nitrogens with zero attached hydrogens (tertiary/aromatic N) is 6. The fourth-order valence-electron chi connectivity index (χ4n) is 4.34. The maximum absolute atomic E-state index is 12.4.